The number of aromatic nitrogens is 3. The summed E-state index contributed by atoms with van der Waals surface area (Å²) in [5.41, 5.74) is 12.1. The molecule has 128 valence electrons. The van der Waals surface area contributed by atoms with E-state index in [4.69, 9.17) is 16.2 Å². The number of halogens is 1. The third kappa shape index (κ3) is 4.31. The Hall–Kier alpha value is -3.42. The molecule has 25 heavy (non-hydrogen) atoms. The molecule has 2 aromatic carbocycles. The van der Waals surface area contributed by atoms with Gasteiger partial charge < -0.3 is 21.5 Å². The van der Waals surface area contributed by atoms with Gasteiger partial charge >= 0.3 is 0 Å². The fourth-order valence-electron chi connectivity index (χ4n) is 2.27. The highest BCUT2D eigenvalue weighted by molar-refractivity contribution is 5.40. The Morgan fingerprint density at radius 3 is 2.24 bits per heavy atom. The van der Waals surface area contributed by atoms with Crippen molar-refractivity contribution in [2.75, 3.05) is 23.4 Å². The molecule has 0 radical (unpaired) electrons. The lowest BCUT2D eigenvalue weighted by Crippen LogP contribution is -2.21. The van der Waals surface area contributed by atoms with E-state index in [1.165, 1.54) is 6.07 Å². The zero-order valence-corrected chi connectivity index (χ0v) is 13.3. The van der Waals surface area contributed by atoms with Crippen LogP contribution in [0, 0.1) is 5.82 Å². The first-order valence-corrected chi connectivity index (χ1v) is 7.57. The number of benzene rings is 2. The molecule has 8 heteroatoms. The number of nitrogens with one attached hydrogen (secondary N) is 1. The first kappa shape index (κ1) is 16.4. The Kier molecular flexibility index (Phi) is 4.89. The normalized spacial score (nSPS) is 11.7. The van der Waals surface area contributed by atoms with Gasteiger partial charge in [0.1, 0.15) is 6.61 Å². The van der Waals surface area contributed by atoms with Crippen molar-refractivity contribution in [3.05, 3.63) is 66.0 Å². The third-order valence-corrected chi connectivity index (χ3v) is 3.42. The molecule has 1 unspecified atom stereocenters. The Labute approximate surface area is 143 Å². The lowest BCUT2D eigenvalue weighted by atomic mass is 10.1. The molecule has 0 spiro atoms. The second-order valence-corrected chi connectivity index (χ2v) is 5.22. The monoisotopic (exact) mass is 340 g/mol. The van der Waals surface area contributed by atoms with Crippen LogP contribution in [0.15, 0.2) is 54.6 Å². The average molecular weight is 340 g/mol. The molecule has 0 aliphatic rings. The number of nitrogens with two attached hydrogens (primary N) is 2. The maximum absolute atomic E-state index is 13.8. The molecule has 1 aromatic heterocycles. The number of hydrogen-bond donors (Lipinski definition) is 3. The summed E-state index contributed by atoms with van der Waals surface area (Å²) in [6.45, 7) is 0.149. The summed E-state index contributed by atoms with van der Waals surface area (Å²) in [7, 11) is 0. The number of ether oxygens (including phenoxy) is 1. The number of nitrogens with zero attached hydrogens (tertiary/aromatic N) is 3. The van der Waals surface area contributed by atoms with Crippen molar-refractivity contribution in [3.8, 4) is 5.75 Å². The Morgan fingerprint density at radius 1 is 0.920 bits per heavy atom. The van der Waals surface area contributed by atoms with Crippen LogP contribution in [0.4, 0.5) is 22.2 Å². The first-order chi connectivity index (χ1) is 12.1. The summed E-state index contributed by atoms with van der Waals surface area (Å²) < 4.78 is 19.4. The number of anilines is 3. The summed E-state index contributed by atoms with van der Waals surface area (Å²) in [5.74, 6) is -0.0208. The number of rotatable bonds is 6. The molecule has 1 heterocycles. The van der Waals surface area contributed by atoms with Crippen LogP contribution in [0.25, 0.3) is 0 Å². The van der Waals surface area contributed by atoms with Crippen molar-refractivity contribution < 1.29 is 9.13 Å². The van der Waals surface area contributed by atoms with Crippen molar-refractivity contribution in [2.24, 2.45) is 0 Å². The quantitative estimate of drug-likeness (QED) is 0.631. The summed E-state index contributed by atoms with van der Waals surface area (Å²) in [5, 5.41) is 3.10. The lowest BCUT2D eigenvalue weighted by Gasteiger charge is -2.20. The van der Waals surface area contributed by atoms with Crippen LogP contribution < -0.4 is 21.5 Å². The second kappa shape index (κ2) is 7.43. The summed E-state index contributed by atoms with van der Waals surface area (Å²) in [6.07, 6.45) is 0. The molecule has 1 atom stereocenters. The predicted octanol–water partition coefficient (Wildman–Crippen LogP) is 2.41. The fraction of sp³-hybridized carbons (Fsp3) is 0.118. The van der Waals surface area contributed by atoms with Gasteiger partial charge in [0.15, 0.2) is 11.6 Å². The maximum Gasteiger partial charge on any atom is 0.229 e. The van der Waals surface area contributed by atoms with Crippen molar-refractivity contribution in [2.45, 2.75) is 6.04 Å². The molecule has 3 aromatic rings. The SMILES string of the molecule is Nc1nc(N)nc(NC(COc2ccccc2F)c2ccccc2)n1. The van der Waals surface area contributed by atoms with Gasteiger partial charge in [0.2, 0.25) is 17.8 Å². The summed E-state index contributed by atoms with van der Waals surface area (Å²) in [6, 6.07) is 15.4. The Bertz CT molecular complexity index is 825. The molecule has 0 saturated carbocycles. The van der Waals surface area contributed by atoms with E-state index >= 15 is 0 Å². The third-order valence-electron chi connectivity index (χ3n) is 3.42. The van der Waals surface area contributed by atoms with Gasteiger partial charge in [-0.2, -0.15) is 15.0 Å². The molecule has 0 saturated heterocycles. The van der Waals surface area contributed by atoms with Gasteiger partial charge in [0.05, 0.1) is 6.04 Å². The molecule has 5 N–H and O–H groups in total. The highest BCUT2D eigenvalue weighted by Crippen LogP contribution is 2.22. The topological polar surface area (TPSA) is 112 Å². The molecule has 0 fully saturated rings. The van der Waals surface area contributed by atoms with E-state index in [-0.39, 0.29) is 36.2 Å². The van der Waals surface area contributed by atoms with Crippen molar-refractivity contribution in [1.29, 1.82) is 0 Å². The fourth-order valence-corrected chi connectivity index (χ4v) is 2.27. The van der Waals surface area contributed by atoms with Crippen molar-refractivity contribution in [3.63, 3.8) is 0 Å². The largest absolute Gasteiger partial charge is 0.488 e. The number of hydrogen-bond acceptors (Lipinski definition) is 7. The van der Waals surface area contributed by atoms with Crippen LogP contribution in [-0.4, -0.2) is 21.6 Å². The van der Waals surface area contributed by atoms with Crippen LogP contribution in [0.1, 0.15) is 11.6 Å². The van der Waals surface area contributed by atoms with Gasteiger partial charge in [-0.25, -0.2) is 4.39 Å². The van der Waals surface area contributed by atoms with Crippen LogP contribution in [0.2, 0.25) is 0 Å². The highest BCUT2D eigenvalue weighted by atomic mass is 19.1. The average Bonchev–Trinajstić information content (AvgIpc) is 2.60. The zero-order valence-electron chi connectivity index (χ0n) is 13.3. The first-order valence-electron chi connectivity index (χ1n) is 7.57. The van der Waals surface area contributed by atoms with Crippen molar-refractivity contribution in [1.82, 2.24) is 15.0 Å². The second-order valence-electron chi connectivity index (χ2n) is 5.22. The highest BCUT2D eigenvalue weighted by Gasteiger charge is 2.15. The summed E-state index contributed by atoms with van der Waals surface area (Å²) >= 11 is 0. The van der Waals surface area contributed by atoms with Gasteiger partial charge in [-0.3, -0.25) is 0 Å². The Morgan fingerprint density at radius 2 is 1.56 bits per heavy atom. The smallest absolute Gasteiger partial charge is 0.229 e. The van der Waals surface area contributed by atoms with Crippen molar-refractivity contribution >= 4 is 17.8 Å². The van der Waals surface area contributed by atoms with Crippen LogP contribution in [0.5, 0.6) is 5.75 Å². The minimum Gasteiger partial charge on any atom is -0.488 e. The van der Waals surface area contributed by atoms with E-state index in [0.29, 0.717) is 0 Å². The Balaban J connectivity index is 1.81. The molecule has 7 nitrogen and oxygen atoms in total. The van der Waals surface area contributed by atoms with Crippen LogP contribution >= 0.6 is 0 Å². The maximum atomic E-state index is 13.8. The number of para-hydroxylation sites is 1. The van der Waals surface area contributed by atoms with Crippen LogP contribution in [0.3, 0.4) is 0 Å². The van der Waals surface area contributed by atoms with Gasteiger partial charge in [-0.05, 0) is 17.7 Å². The minimum absolute atomic E-state index is 0.0110. The van der Waals surface area contributed by atoms with E-state index in [1.807, 2.05) is 30.3 Å². The summed E-state index contributed by atoms with van der Waals surface area (Å²) in [4.78, 5) is 11.7. The standard InChI is InChI=1S/C17H17FN6O/c18-12-8-4-5-9-14(12)25-10-13(11-6-2-1-3-7-11)21-17-23-15(19)22-16(20)24-17/h1-9,13H,10H2,(H5,19,20,21,22,23,24). The predicted molar refractivity (Wildman–Crippen MR) is 93.4 cm³/mol. The van der Waals surface area contributed by atoms with Gasteiger partial charge in [-0.15, -0.1) is 0 Å². The van der Waals surface area contributed by atoms with Gasteiger partial charge in [0, 0.05) is 0 Å². The van der Waals surface area contributed by atoms with E-state index < -0.39 is 5.82 Å². The lowest BCUT2D eigenvalue weighted by molar-refractivity contribution is 0.284. The molecule has 3 rings (SSSR count). The molecule has 0 bridgehead atoms. The van der Waals surface area contributed by atoms with Crippen LogP contribution in [-0.2, 0) is 0 Å². The van der Waals surface area contributed by atoms with E-state index in [0.717, 1.165) is 5.56 Å². The molecule has 0 amide bonds. The van der Waals surface area contributed by atoms with Gasteiger partial charge in [-0.1, -0.05) is 42.5 Å². The molecular formula is C17H17FN6O. The van der Waals surface area contributed by atoms with Gasteiger partial charge in [0.25, 0.3) is 0 Å². The minimum atomic E-state index is -0.428. The van der Waals surface area contributed by atoms with E-state index in [1.54, 1.807) is 18.2 Å². The van der Waals surface area contributed by atoms with E-state index in [2.05, 4.69) is 20.3 Å². The van der Waals surface area contributed by atoms with E-state index in [9.17, 15) is 4.39 Å². The number of nitrogen functional groups attached to an aromatic ring is 2. The molecule has 0 aliphatic heterocycles. The molecule has 0 aliphatic carbocycles. The zero-order chi connectivity index (χ0) is 17.6. The molecular weight excluding hydrogens is 323 g/mol.